The Hall–Kier alpha value is -1.60. The maximum Gasteiger partial charge on any atom is 0.161 e. The van der Waals surface area contributed by atoms with Crippen LogP contribution in [0.4, 0.5) is 0 Å². The highest BCUT2D eigenvalue weighted by atomic mass is 16.5. The Morgan fingerprint density at radius 2 is 1.90 bits per heavy atom. The summed E-state index contributed by atoms with van der Waals surface area (Å²) in [6, 6.07) is 7.73. The highest BCUT2D eigenvalue weighted by Gasteiger charge is 2.51. The highest BCUT2D eigenvalue weighted by Crippen LogP contribution is 2.43. The predicted molar refractivity (Wildman–Crippen MR) is 117 cm³/mol. The van der Waals surface area contributed by atoms with Gasteiger partial charge in [0.2, 0.25) is 0 Å². The van der Waals surface area contributed by atoms with Crippen LogP contribution < -0.4 is 14.8 Å². The van der Waals surface area contributed by atoms with E-state index in [0.29, 0.717) is 12.3 Å². The molecule has 4 aliphatic heterocycles. The SMILES string of the molecule is COc1cc(CN2C[C@@H]3[C@H](C2)[C@@H]2CC[C@H]3N2)ccc1OCC(O)CN1CC=CCC1. The molecular formula is C24H35N3O3. The summed E-state index contributed by atoms with van der Waals surface area (Å²) in [5, 5.41) is 14.2. The van der Waals surface area contributed by atoms with Crippen molar-refractivity contribution in [2.75, 3.05) is 46.4 Å². The van der Waals surface area contributed by atoms with Crippen LogP contribution in [-0.4, -0.2) is 79.5 Å². The van der Waals surface area contributed by atoms with Gasteiger partial charge < -0.3 is 19.9 Å². The second-order valence-corrected chi connectivity index (χ2v) is 9.45. The second kappa shape index (κ2) is 8.87. The van der Waals surface area contributed by atoms with Gasteiger partial charge in [-0.3, -0.25) is 9.80 Å². The summed E-state index contributed by atoms with van der Waals surface area (Å²) in [4.78, 5) is 4.86. The van der Waals surface area contributed by atoms with E-state index in [1.807, 2.05) is 6.07 Å². The molecule has 164 valence electrons. The van der Waals surface area contributed by atoms with Gasteiger partial charge in [0.05, 0.1) is 7.11 Å². The molecule has 2 bridgehead atoms. The third-order valence-corrected chi connectivity index (χ3v) is 7.42. The van der Waals surface area contributed by atoms with Crippen LogP contribution in [0, 0.1) is 11.8 Å². The Morgan fingerprint density at radius 1 is 1.10 bits per heavy atom. The molecule has 5 atom stereocenters. The molecule has 5 rings (SSSR count). The number of hydrogen-bond donors (Lipinski definition) is 2. The Labute approximate surface area is 179 Å². The average Bonchev–Trinajstić information content (AvgIpc) is 3.47. The first-order valence-corrected chi connectivity index (χ1v) is 11.5. The number of aliphatic hydroxyl groups excluding tert-OH is 1. The lowest BCUT2D eigenvalue weighted by Gasteiger charge is -2.25. The lowest BCUT2D eigenvalue weighted by atomic mass is 9.82. The van der Waals surface area contributed by atoms with Gasteiger partial charge in [-0.15, -0.1) is 0 Å². The van der Waals surface area contributed by atoms with Crippen LogP contribution in [0.15, 0.2) is 30.4 Å². The van der Waals surface area contributed by atoms with E-state index in [2.05, 4.69) is 39.4 Å². The van der Waals surface area contributed by atoms with Crippen molar-refractivity contribution >= 4 is 0 Å². The number of nitrogens with zero attached hydrogens (tertiary/aromatic N) is 2. The number of likely N-dealkylation sites (tertiary alicyclic amines) is 1. The van der Waals surface area contributed by atoms with E-state index in [-0.39, 0.29) is 6.61 Å². The summed E-state index contributed by atoms with van der Waals surface area (Å²) in [5.74, 6) is 3.14. The van der Waals surface area contributed by atoms with Gasteiger partial charge in [0, 0.05) is 51.4 Å². The summed E-state index contributed by atoms with van der Waals surface area (Å²) in [5.41, 5.74) is 1.26. The molecule has 0 amide bonds. The van der Waals surface area contributed by atoms with E-state index in [0.717, 1.165) is 55.7 Å². The predicted octanol–water partition coefficient (Wildman–Crippen LogP) is 1.88. The summed E-state index contributed by atoms with van der Waals surface area (Å²) < 4.78 is 11.5. The van der Waals surface area contributed by atoms with Crippen LogP contribution in [0.25, 0.3) is 0 Å². The van der Waals surface area contributed by atoms with Crippen molar-refractivity contribution in [3.63, 3.8) is 0 Å². The van der Waals surface area contributed by atoms with Gasteiger partial charge in [-0.2, -0.15) is 0 Å². The van der Waals surface area contributed by atoms with Crippen molar-refractivity contribution in [3.05, 3.63) is 35.9 Å². The molecule has 0 spiro atoms. The zero-order chi connectivity index (χ0) is 20.5. The van der Waals surface area contributed by atoms with E-state index >= 15 is 0 Å². The van der Waals surface area contributed by atoms with Crippen molar-refractivity contribution < 1.29 is 14.6 Å². The van der Waals surface area contributed by atoms with E-state index in [1.54, 1.807) is 7.11 Å². The molecule has 0 aliphatic carbocycles. The minimum absolute atomic E-state index is 0.279. The van der Waals surface area contributed by atoms with Crippen molar-refractivity contribution in [1.82, 2.24) is 15.1 Å². The van der Waals surface area contributed by atoms with Gasteiger partial charge in [-0.1, -0.05) is 18.2 Å². The molecule has 4 heterocycles. The molecule has 0 radical (unpaired) electrons. The van der Waals surface area contributed by atoms with Crippen LogP contribution in [-0.2, 0) is 6.54 Å². The van der Waals surface area contributed by atoms with Crippen LogP contribution in [0.1, 0.15) is 24.8 Å². The number of rotatable bonds is 8. The molecule has 6 nitrogen and oxygen atoms in total. The fraction of sp³-hybridized carbons (Fsp3) is 0.667. The van der Waals surface area contributed by atoms with E-state index in [1.165, 1.54) is 31.5 Å². The molecular weight excluding hydrogens is 378 g/mol. The molecule has 4 aliphatic rings. The standard InChI is InChI=1S/C24H35N3O3/c1-29-24-11-17(12-27-14-19-20(15-27)22-7-6-21(19)25-22)5-8-23(24)30-16-18(28)13-26-9-3-2-4-10-26/h2-3,5,8,11,18-22,25,28H,4,6-7,9-10,12-16H2,1H3/t18?,19-,20+,21-,22+. The largest absolute Gasteiger partial charge is 0.493 e. The minimum atomic E-state index is -0.506. The summed E-state index contributed by atoms with van der Waals surface area (Å²) in [6.45, 7) is 6.20. The third kappa shape index (κ3) is 4.24. The lowest BCUT2D eigenvalue weighted by molar-refractivity contribution is 0.0702. The zero-order valence-corrected chi connectivity index (χ0v) is 18.0. The number of aliphatic hydroxyl groups is 1. The van der Waals surface area contributed by atoms with Gasteiger partial charge >= 0.3 is 0 Å². The number of hydrogen-bond acceptors (Lipinski definition) is 6. The molecule has 0 saturated carbocycles. The molecule has 30 heavy (non-hydrogen) atoms. The Morgan fingerprint density at radius 3 is 2.60 bits per heavy atom. The van der Waals surface area contributed by atoms with Gasteiger partial charge in [-0.25, -0.2) is 0 Å². The number of ether oxygens (including phenoxy) is 2. The van der Waals surface area contributed by atoms with Crippen LogP contribution in [0.2, 0.25) is 0 Å². The summed E-state index contributed by atoms with van der Waals surface area (Å²) >= 11 is 0. The molecule has 1 aromatic rings. The second-order valence-electron chi connectivity index (χ2n) is 9.45. The summed E-state index contributed by atoms with van der Waals surface area (Å²) in [7, 11) is 1.69. The molecule has 3 saturated heterocycles. The third-order valence-electron chi connectivity index (χ3n) is 7.42. The smallest absolute Gasteiger partial charge is 0.161 e. The summed E-state index contributed by atoms with van der Waals surface area (Å²) in [6.07, 6.45) is 7.63. The Balaban J connectivity index is 1.14. The van der Waals surface area contributed by atoms with Crippen molar-refractivity contribution in [2.24, 2.45) is 11.8 Å². The molecule has 2 N–H and O–H groups in total. The maximum atomic E-state index is 10.4. The fourth-order valence-electron chi connectivity index (χ4n) is 5.98. The normalized spacial score (nSPS) is 31.8. The topological polar surface area (TPSA) is 57.2 Å². The first-order chi connectivity index (χ1) is 14.7. The fourth-order valence-corrected chi connectivity index (χ4v) is 5.98. The van der Waals surface area contributed by atoms with Gasteiger partial charge in [0.15, 0.2) is 11.5 Å². The van der Waals surface area contributed by atoms with Gasteiger partial charge in [0.1, 0.15) is 12.7 Å². The van der Waals surface area contributed by atoms with Crippen molar-refractivity contribution in [3.8, 4) is 11.5 Å². The van der Waals surface area contributed by atoms with Crippen LogP contribution in [0.5, 0.6) is 11.5 Å². The maximum absolute atomic E-state index is 10.4. The highest BCUT2D eigenvalue weighted by molar-refractivity contribution is 5.43. The monoisotopic (exact) mass is 413 g/mol. The van der Waals surface area contributed by atoms with E-state index < -0.39 is 6.10 Å². The quantitative estimate of drug-likeness (QED) is 0.635. The number of methoxy groups -OCH3 is 1. The number of benzene rings is 1. The number of fused-ring (bicyclic) bond motifs is 5. The average molecular weight is 414 g/mol. The molecule has 3 fully saturated rings. The van der Waals surface area contributed by atoms with Gasteiger partial charge in [-0.05, 0) is 48.8 Å². The van der Waals surface area contributed by atoms with E-state index in [9.17, 15) is 5.11 Å². The van der Waals surface area contributed by atoms with Gasteiger partial charge in [0.25, 0.3) is 0 Å². The zero-order valence-electron chi connectivity index (χ0n) is 18.0. The minimum Gasteiger partial charge on any atom is -0.493 e. The first-order valence-electron chi connectivity index (χ1n) is 11.5. The van der Waals surface area contributed by atoms with Crippen molar-refractivity contribution in [2.45, 2.75) is 44.0 Å². The molecule has 6 heteroatoms. The number of nitrogens with one attached hydrogen (secondary N) is 1. The lowest BCUT2D eigenvalue weighted by Crippen LogP contribution is -2.37. The Kier molecular flexibility index (Phi) is 6.01. The van der Waals surface area contributed by atoms with Crippen LogP contribution in [0.3, 0.4) is 0 Å². The molecule has 1 aromatic carbocycles. The van der Waals surface area contributed by atoms with Crippen molar-refractivity contribution in [1.29, 1.82) is 0 Å². The molecule has 1 unspecified atom stereocenters. The molecule has 0 aromatic heterocycles. The number of β-amino-alcohol motifs (C(OH)–C–C–N with tert-alkyl or cyclic N) is 1. The first kappa shape index (κ1) is 20.3. The van der Waals surface area contributed by atoms with E-state index in [4.69, 9.17) is 9.47 Å². The Bertz CT molecular complexity index is 752. The van der Waals surface area contributed by atoms with Crippen LogP contribution >= 0.6 is 0 Å².